The highest BCUT2D eigenvalue weighted by molar-refractivity contribution is 5.92. The summed E-state index contributed by atoms with van der Waals surface area (Å²) in [7, 11) is 0. The molecule has 144 valence electrons. The Labute approximate surface area is 165 Å². The molecule has 0 atom stereocenters. The summed E-state index contributed by atoms with van der Waals surface area (Å²) in [5, 5.41) is 6.05. The molecule has 3 rings (SSSR count). The van der Waals surface area contributed by atoms with Crippen molar-refractivity contribution in [3.05, 3.63) is 77.6 Å². The fourth-order valence-corrected chi connectivity index (χ4v) is 2.66. The number of para-hydroxylation sites is 2. The van der Waals surface area contributed by atoms with E-state index >= 15 is 0 Å². The van der Waals surface area contributed by atoms with Crippen LogP contribution >= 0.6 is 0 Å². The van der Waals surface area contributed by atoms with Crippen LogP contribution in [-0.4, -0.2) is 22.0 Å². The van der Waals surface area contributed by atoms with Gasteiger partial charge in [0.05, 0.1) is 11.8 Å². The third kappa shape index (κ3) is 5.30. The second-order valence-electron chi connectivity index (χ2n) is 6.67. The number of nitrogens with one attached hydrogen (secondary N) is 2. The molecule has 0 spiro atoms. The maximum atomic E-state index is 12.5. The third-order valence-electron chi connectivity index (χ3n) is 3.88. The van der Waals surface area contributed by atoms with Crippen LogP contribution in [0.25, 0.3) is 0 Å². The zero-order chi connectivity index (χ0) is 19.9. The van der Waals surface area contributed by atoms with Gasteiger partial charge in [-0.25, -0.2) is 9.97 Å². The number of hydrogen-bond donors (Lipinski definition) is 2. The second kappa shape index (κ2) is 8.99. The maximum Gasteiger partial charge on any atom is 0.270 e. The van der Waals surface area contributed by atoms with Crippen LogP contribution in [0.3, 0.4) is 0 Å². The zero-order valence-electron chi connectivity index (χ0n) is 16.3. The van der Waals surface area contributed by atoms with Crippen molar-refractivity contribution < 1.29 is 9.53 Å². The lowest BCUT2D eigenvalue weighted by Crippen LogP contribution is -2.24. The Kier molecular flexibility index (Phi) is 6.22. The van der Waals surface area contributed by atoms with E-state index in [0.29, 0.717) is 29.6 Å². The molecular weight excluding hydrogens is 352 g/mol. The van der Waals surface area contributed by atoms with Gasteiger partial charge >= 0.3 is 0 Å². The van der Waals surface area contributed by atoms with Gasteiger partial charge in [-0.15, -0.1) is 0 Å². The summed E-state index contributed by atoms with van der Waals surface area (Å²) in [6.45, 7) is 6.21. The van der Waals surface area contributed by atoms with Crippen molar-refractivity contribution in [2.75, 3.05) is 5.32 Å². The Hall–Kier alpha value is -3.41. The molecule has 6 heteroatoms. The van der Waals surface area contributed by atoms with Crippen LogP contribution in [0.15, 0.2) is 60.7 Å². The number of hydrogen-bond acceptors (Lipinski definition) is 5. The SMILES string of the molecule is Cc1cc(C(=O)NCc2ccccc2)nc(Nc2ccccc2OC(C)C)n1. The van der Waals surface area contributed by atoms with Crippen LogP contribution < -0.4 is 15.4 Å². The summed E-state index contributed by atoms with van der Waals surface area (Å²) in [4.78, 5) is 21.3. The summed E-state index contributed by atoms with van der Waals surface area (Å²) in [6, 6.07) is 19.0. The molecule has 1 aromatic heterocycles. The van der Waals surface area contributed by atoms with Crippen molar-refractivity contribution >= 4 is 17.5 Å². The fourth-order valence-electron chi connectivity index (χ4n) is 2.66. The molecule has 28 heavy (non-hydrogen) atoms. The first-order valence-corrected chi connectivity index (χ1v) is 9.22. The van der Waals surface area contributed by atoms with E-state index in [9.17, 15) is 4.79 Å². The van der Waals surface area contributed by atoms with Crippen molar-refractivity contribution in [1.29, 1.82) is 0 Å². The molecule has 0 aliphatic rings. The van der Waals surface area contributed by atoms with E-state index in [1.807, 2.05) is 75.4 Å². The van der Waals surface area contributed by atoms with Gasteiger partial charge in [0.2, 0.25) is 5.95 Å². The minimum Gasteiger partial charge on any atom is -0.489 e. The predicted molar refractivity (Wildman–Crippen MR) is 110 cm³/mol. The summed E-state index contributed by atoms with van der Waals surface area (Å²) in [5.41, 5.74) is 2.79. The van der Waals surface area contributed by atoms with Crippen LogP contribution in [0.1, 0.15) is 35.6 Å². The molecular formula is C22H24N4O2. The number of ether oxygens (including phenoxy) is 1. The van der Waals surface area contributed by atoms with Gasteiger partial charge in [-0.3, -0.25) is 4.79 Å². The number of aromatic nitrogens is 2. The molecule has 0 radical (unpaired) electrons. The minimum atomic E-state index is -0.246. The molecule has 3 aromatic rings. The molecule has 1 amide bonds. The Bertz CT molecular complexity index is 942. The molecule has 6 nitrogen and oxygen atoms in total. The standard InChI is InChI=1S/C22H24N4O2/c1-15(2)28-20-12-8-7-11-18(20)25-22-24-16(3)13-19(26-22)21(27)23-14-17-9-5-4-6-10-17/h4-13,15H,14H2,1-3H3,(H,23,27)(H,24,25,26). The van der Waals surface area contributed by atoms with Gasteiger partial charge in [-0.2, -0.15) is 0 Å². The van der Waals surface area contributed by atoms with Crippen molar-refractivity contribution in [2.45, 2.75) is 33.4 Å². The van der Waals surface area contributed by atoms with Gasteiger partial charge in [0.1, 0.15) is 11.4 Å². The summed E-state index contributed by atoms with van der Waals surface area (Å²) in [5.74, 6) is 0.812. The van der Waals surface area contributed by atoms with E-state index in [-0.39, 0.29) is 12.0 Å². The highest BCUT2D eigenvalue weighted by Crippen LogP contribution is 2.27. The highest BCUT2D eigenvalue weighted by Gasteiger charge is 2.12. The lowest BCUT2D eigenvalue weighted by molar-refractivity contribution is 0.0945. The van der Waals surface area contributed by atoms with E-state index in [4.69, 9.17) is 4.74 Å². The third-order valence-corrected chi connectivity index (χ3v) is 3.88. The summed E-state index contributed by atoms with van der Waals surface area (Å²) < 4.78 is 5.82. The number of aryl methyl sites for hydroxylation is 1. The van der Waals surface area contributed by atoms with Gasteiger partial charge < -0.3 is 15.4 Å². The van der Waals surface area contributed by atoms with Crippen molar-refractivity contribution in [2.24, 2.45) is 0 Å². The quantitative estimate of drug-likeness (QED) is 0.645. The molecule has 0 fully saturated rings. The largest absolute Gasteiger partial charge is 0.489 e. The number of anilines is 2. The lowest BCUT2D eigenvalue weighted by atomic mass is 10.2. The van der Waals surface area contributed by atoms with Gasteiger partial charge in [0, 0.05) is 12.2 Å². The second-order valence-corrected chi connectivity index (χ2v) is 6.67. The first-order valence-electron chi connectivity index (χ1n) is 9.22. The van der Waals surface area contributed by atoms with E-state index in [1.54, 1.807) is 6.07 Å². The summed E-state index contributed by atoms with van der Waals surface area (Å²) in [6.07, 6.45) is 0.0423. The van der Waals surface area contributed by atoms with Gasteiger partial charge in [-0.1, -0.05) is 42.5 Å². The number of nitrogens with zero attached hydrogens (tertiary/aromatic N) is 2. The lowest BCUT2D eigenvalue weighted by Gasteiger charge is -2.15. The molecule has 0 bridgehead atoms. The van der Waals surface area contributed by atoms with Crippen molar-refractivity contribution in [3.63, 3.8) is 0 Å². The van der Waals surface area contributed by atoms with E-state index in [2.05, 4.69) is 20.6 Å². The first-order chi connectivity index (χ1) is 13.5. The van der Waals surface area contributed by atoms with Crippen LogP contribution in [0.4, 0.5) is 11.6 Å². The van der Waals surface area contributed by atoms with Gasteiger partial charge in [-0.05, 0) is 44.5 Å². The minimum absolute atomic E-state index is 0.0423. The molecule has 0 unspecified atom stereocenters. The topological polar surface area (TPSA) is 76.1 Å². The number of rotatable bonds is 7. The van der Waals surface area contributed by atoms with Crippen molar-refractivity contribution in [3.8, 4) is 5.75 Å². The summed E-state index contributed by atoms with van der Waals surface area (Å²) >= 11 is 0. The molecule has 0 saturated carbocycles. The van der Waals surface area contributed by atoms with Gasteiger partial charge in [0.25, 0.3) is 5.91 Å². The predicted octanol–water partition coefficient (Wildman–Crippen LogP) is 4.25. The number of carbonyl (C=O) groups is 1. The number of benzene rings is 2. The van der Waals surface area contributed by atoms with E-state index < -0.39 is 0 Å². The molecule has 2 N–H and O–H groups in total. The monoisotopic (exact) mass is 376 g/mol. The Morgan fingerprint density at radius 2 is 1.75 bits per heavy atom. The van der Waals surface area contributed by atoms with E-state index in [1.165, 1.54) is 0 Å². The Morgan fingerprint density at radius 1 is 1.04 bits per heavy atom. The molecule has 0 aliphatic heterocycles. The first kappa shape index (κ1) is 19.4. The molecule has 0 aliphatic carbocycles. The zero-order valence-corrected chi connectivity index (χ0v) is 16.3. The average Bonchev–Trinajstić information content (AvgIpc) is 2.67. The van der Waals surface area contributed by atoms with Crippen LogP contribution in [0.5, 0.6) is 5.75 Å². The maximum absolute atomic E-state index is 12.5. The Morgan fingerprint density at radius 3 is 2.50 bits per heavy atom. The van der Waals surface area contributed by atoms with Crippen molar-refractivity contribution in [1.82, 2.24) is 15.3 Å². The fraction of sp³-hybridized carbons (Fsp3) is 0.227. The van der Waals surface area contributed by atoms with Crippen LogP contribution in [0.2, 0.25) is 0 Å². The van der Waals surface area contributed by atoms with Crippen LogP contribution in [-0.2, 0) is 6.54 Å². The van der Waals surface area contributed by atoms with Gasteiger partial charge in [0.15, 0.2) is 0 Å². The molecule has 2 aromatic carbocycles. The molecule has 0 saturated heterocycles. The number of amides is 1. The average molecular weight is 376 g/mol. The Balaban J connectivity index is 1.75. The highest BCUT2D eigenvalue weighted by atomic mass is 16.5. The smallest absolute Gasteiger partial charge is 0.270 e. The van der Waals surface area contributed by atoms with E-state index in [0.717, 1.165) is 11.3 Å². The molecule has 1 heterocycles. The normalized spacial score (nSPS) is 10.6. The number of carbonyl (C=O) groups excluding carboxylic acids is 1. The van der Waals surface area contributed by atoms with Crippen LogP contribution in [0, 0.1) is 6.92 Å².